The summed E-state index contributed by atoms with van der Waals surface area (Å²) in [5.41, 5.74) is 2.35. The lowest BCUT2D eigenvalue weighted by Gasteiger charge is -2.10. The van der Waals surface area contributed by atoms with Crippen molar-refractivity contribution in [3.63, 3.8) is 0 Å². The zero-order valence-electron chi connectivity index (χ0n) is 14.2. The number of nitrogens with one attached hydrogen (secondary N) is 2. The van der Waals surface area contributed by atoms with Crippen LogP contribution < -0.4 is 10.6 Å². The summed E-state index contributed by atoms with van der Waals surface area (Å²) in [5, 5.41) is 5.90. The molecule has 0 unspecified atom stereocenters. The van der Waals surface area contributed by atoms with Gasteiger partial charge in [0.15, 0.2) is 0 Å². The molecule has 0 aromatic heterocycles. The van der Waals surface area contributed by atoms with Crippen LogP contribution in [0.2, 0.25) is 0 Å². The van der Waals surface area contributed by atoms with E-state index in [4.69, 9.17) is 0 Å². The maximum atomic E-state index is 12.5. The maximum Gasteiger partial charge on any atom is 0.256 e. The van der Waals surface area contributed by atoms with E-state index in [1.807, 2.05) is 48.5 Å². The second kappa shape index (κ2) is 8.21. The molecule has 0 atom stereocenters. The number of benzene rings is 2. The van der Waals surface area contributed by atoms with E-state index in [2.05, 4.69) is 17.6 Å². The normalized spacial score (nSPS) is 13.3. The predicted molar refractivity (Wildman–Crippen MR) is 102 cm³/mol. The minimum atomic E-state index is -0.115. The zero-order valence-corrected chi connectivity index (χ0v) is 15.1. The van der Waals surface area contributed by atoms with Crippen LogP contribution in [0.25, 0.3) is 0 Å². The van der Waals surface area contributed by atoms with Gasteiger partial charge in [0, 0.05) is 16.6 Å². The highest BCUT2D eigenvalue weighted by Crippen LogP contribution is 2.23. The number of carbonyl (C=O) groups is 2. The maximum absolute atomic E-state index is 12.5. The molecule has 5 heteroatoms. The van der Waals surface area contributed by atoms with Gasteiger partial charge >= 0.3 is 0 Å². The summed E-state index contributed by atoms with van der Waals surface area (Å²) in [6, 6.07) is 15.4. The van der Waals surface area contributed by atoms with Crippen LogP contribution in [0.4, 0.5) is 5.69 Å². The van der Waals surface area contributed by atoms with Gasteiger partial charge in [-0.1, -0.05) is 31.2 Å². The van der Waals surface area contributed by atoms with E-state index in [9.17, 15) is 9.59 Å². The summed E-state index contributed by atoms with van der Waals surface area (Å²) in [7, 11) is 0. The summed E-state index contributed by atoms with van der Waals surface area (Å²) in [4.78, 5) is 25.3. The molecule has 25 heavy (non-hydrogen) atoms. The average molecular weight is 354 g/mol. The highest BCUT2D eigenvalue weighted by atomic mass is 32.2. The quantitative estimate of drug-likeness (QED) is 0.742. The lowest BCUT2D eigenvalue weighted by atomic mass is 10.1. The molecule has 0 aliphatic heterocycles. The van der Waals surface area contributed by atoms with Crippen LogP contribution in [0.3, 0.4) is 0 Å². The zero-order chi connectivity index (χ0) is 17.6. The Morgan fingerprint density at radius 3 is 2.48 bits per heavy atom. The first-order chi connectivity index (χ1) is 12.2. The Kier molecular flexibility index (Phi) is 5.76. The van der Waals surface area contributed by atoms with E-state index in [0.29, 0.717) is 18.0 Å². The Morgan fingerprint density at radius 1 is 1.08 bits per heavy atom. The molecule has 1 aliphatic carbocycles. The minimum Gasteiger partial charge on any atom is -0.353 e. The van der Waals surface area contributed by atoms with Crippen LogP contribution in [0.5, 0.6) is 0 Å². The van der Waals surface area contributed by atoms with Crippen molar-refractivity contribution in [3.8, 4) is 0 Å². The van der Waals surface area contributed by atoms with Crippen molar-refractivity contribution in [2.45, 2.75) is 37.1 Å². The van der Waals surface area contributed by atoms with Crippen LogP contribution in [0, 0.1) is 0 Å². The molecular weight excluding hydrogens is 332 g/mol. The number of carbonyl (C=O) groups excluding carboxylic acids is 2. The SMILES string of the molecule is CCSc1ccccc1C(=O)Nc1ccc(CC(=O)NC2CC2)cc1. The number of anilines is 1. The van der Waals surface area contributed by atoms with Crippen LogP contribution in [-0.2, 0) is 11.2 Å². The lowest BCUT2D eigenvalue weighted by molar-refractivity contribution is -0.120. The third kappa shape index (κ3) is 5.10. The third-order valence-corrected chi connectivity index (χ3v) is 4.91. The average Bonchev–Trinajstić information content (AvgIpc) is 3.41. The Labute approximate surface area is 152 Å². The van der Waals surface area contributed by atoms with Gasteiger partial charge in [-0.25, -0.2) is 0 Å². The topological polar surface area (TPSA) is 58.2 Å². The summed E-state index contributed by atoms with van der Waals surface area (Å²) < 4.78 is 0. The van der Waals surface area contributed by atoms with Crippen LogP contribution in [0.1, 0.15) is 35.7 Å². The smallest absolute Gasteiger partial charge is 0.256 e. The number of thioether (sulfide) groups is 1. The molecule has 1 fully saturated rings. The number of hydrogen-bond acceptors (Lipinski definition) is 3. The monoisotopic (exact) mass is 354 g/mol. The Bertz CT molecular complexity index is 755. The van der Waals surface area contributed by atoms with Gasteiger partial charge in [0.1, 0.15) is 0 Å². The largest absolute Gasteiger partial charge is 0.353 e. The van der Waals surface area contributed by atoms with Gasteiger partial charge < -0.3 is 10.6 Å². The number of rotatable bonds is 7. The van der Waals surface area contributed by atoms with Gasteiger partial charge in [0.05, 0.1) is 12.0 Å². The first-order valence-electron chi connectivity index (χ1n) is 8.57. The number of hydrogen-bond donors (Lipinski definition) is 2. The Balaban J connectivity index is 1.61. The fourth-order valence-electron chi connectivity index (χ4n) is 2.53. The van der Waals surface area contributed by atoms with E-state index in [1.54, 1.807) is 11.8 Å². The summed E-state index contributed by atoms with van der Waals surface area (Å²) >= 11 is 1.65. The molecule has 0 bridgehead atoms. The highest BCUT2D eigenvalue weighted by Gasteiger charge is 2.23. The van der Waals surface area contributed by atoms with Gasteiger partial charge in [0.25, 0.3) is 5.91 Å². The molecule has 2 N–H and O–H groups in total. The molecule has 130 valence electrons. The highest BCUT2D eigenvalue weighted by molar-refractivity contribution is 7.99. The van der Waals surface area contributed by atoms with Crippen molar-refractivity contribution in [3.05, 3.63) is 59.7 Å². The van der Waals surface area contributed by atoms with Crippen LogP contribution >= 0.6 is 11.8 Å². The molecule has 0 spiro atoms. The molecule has 1 aliphatic rings. The fourth-order valence-corrected chi connectivity index (χ4v) is 3.33. The summed E-state index contributed by atoms with van der Waals surface area (Å²) in [5.74, 6) is 0.864. The predicted octanol–water partition coefficient (Wildman–Crippen LogP) is 3.87. The Hall–Kier alpha value is -2.27. The fraction of sp³-hybridized carbons (Fsp3) is 0.300. The van der Waals surface area contributed by atoms with Gasteiger partial charge in [0.2, 0.25) is 5.91 Å². The second-order valence-electron chi connectivity index (χ2n) is 6.10. The van der Waals surface area contributed by atoms with Crippen LogP contribution in [0.15, 0.2) is 53.4 Å². The van der Waals surface area contributed by atoms with Crippen molar-refractivity contribution >= 4 is 29.3 Å². The van der Waals surface area contributed by atoms with Crippen molar-refractivity contribution in [2.24, 2.45) is 0 Å². The second-order valence-corrected chi connectivity index (χ2v) is 7.40. The first-order valence-corrected chi connectivity index (χ1v) is 9.55. The number of amides is 2. The van der Waals surface area contributed by atoms with Gasteiger partial charge in [-0.3, -0.25) is 9.59 Å². The van der Waals surface area contributed by atoms with Crippen molar-refractivity contribution in [1.82, 2.24) is 5.32 Å². The molecule has 1 saturated carbocycles. The van der Waals surface area contributed by atoms with Gasteiger partial charge in [-0.15, -0.1) is 11.8 Å². The Morgan fingerprint density at radius 2 is 1.80 bits per heavy atom. The molecule has 0 saturated heterocycles. The van der Waals surface area contributed by atoms with E-state index >= 15 is 0 Å². The molecule has 4 nitrogen and oxygen atoms in total. The van der Waals surface area contributed by atoms with E-state index < -0.39 is 0 Å². The van der Waals surface area contributed by atoms with Crippen LogP contribution in [-0.4, -0.2) is 23.6 Å². The molecule has 2 amide bonds. The molecule has 0 radical (unpaired) electrons. The van der Waals surface area contributed by atoms with E-state index in [0.717, 1.165) is 34.7 Å². The molecular formula is C20H22N2O2S. The van der Waals surface area contributed by atoms with E-state index in [1.165, 1.54) is 0 Å². The summed E-state index contributed by atoms with van der Waals surface area (Å²) in [6.45, 7) is 2.07. The summed E-state index contributed by atoms with van der Waals surface area (Å²) in [6.07, 6.45) is 2.56. The van der Waals surface area contributed by atoms with Gasteiger partial charge in [-0.2, -0.15) is 0 Å². The third-order valence-electron chi connectivity index (χ3n) is 3.95. The minimum absolute atomic E-state index is 0.0600. The van der Waals surface area contributed by atoms with Crippen molar-refractivity contribution in [2.75, 3.05) is 11.1 Å². The van der Waals surface area contributed by atoms with Crippen molar-refractivity contribution < 1.29 is 9.59 Å². The molecule has 2 aromatic carbocycles. The standard InChI is InChI=1S/C20H22N2O2S/c1-2-25-18-6-4-3-5-17(18)20(24)22-16-9-7-14(8-10-16)13-19(23)21-15-11-12-15/h3-10,15H,2,11-13H2,1H3,(H,21,23)(H,22,24). The van der Waals surface area contributed by atoms with E-state index in [-0.39, 0.29) is 11.8 Å². The lowest BCUT2D eigenvalue weighted by Crippen LogP contribution is -2.26. The first kappa shape index (κ1) is 17.5. The van der Waals surface area contributed by atoms with Crippen molar-refractivity contribution in [1.29, 1.82) is 0 Å². The molecule has 0 heterocycles. The molecule has 2 aromatic rings. The van der Waals surface area contributed by atoms with Gasteiger partial charge in [-0.05, 0) is 48.4 Å². The molecule has 3 rings (SSSR count).